The molecule has 7 heteroatoms. The lowest BCUT2D eigenvalue weighted by Crippen LogP contribution is -2.37. The third kappa shape index (κ3) is 3.64. The Hall–Kier alpha value is -1.47. The van der Waals surface area contributed by atoms with Crippen molar-refractivity contribution in [3.8, 4) is 17.2 Å². The lowest BCUT2D eigenvalue weighted by Gasteiger charge is -2.22. The predicted molar refractivity (Wildman–Crippen MR) is 81.9 cm³/mol. The first-order chi connectivity index (χ1) is 10.6. The summed E-state index contributed by atoms with van der Waals surface area (Å²) in [5, 5.41) is -0.244. The number of fused-ring (bicyclic) bond motifs is 1. The summed E-state index contributed by atoms with van der Waals surface area (Å²) in [6.07, 6.45) is 4.66. The minimum atomic E-state index is -3.22. The van der Waals surface area contributed by atoms with Crippen molar-refractivity contribution in [3.63, 3.8) is 0 Å². The van der Waals surface area contributed by atoms with Gasteiger partial charge in [0.25, 0.3) is 0 Å². The summed E-state index contributed by atoms with van der Waals surface area (Å²) in [7, 11) is -3.22. The smallest absolute Gasteiger partial charge is 0.231 e. The van der Waals surface area contributed by atoms with E-state index in [1.807, 2.05) is 0 Å². The molecular formula is C15H21NO5S. The maximum atomic E-state index is 12.1. The van der Waals surface area contributed by atoms with E-state index in [1.165, 1.54) is 0 Å². The quantitative estimate of drug-likeness (QED) is 0.810. The summed E-state index contributed by atoms with van der Waals surface area (Å²) in [5.41, 5.74) is 0. The Kier molecular flexibility index (Phi) is 4.73. The largest absolute Gasteiger partial charge is 0.492 e. The third-order valence-electron chi connectivity index (χ3n) is 4.01. The fourth-order valence-electron chi connectivity index (χ4n) is 2.81. The molecule has 2 aliphatic rings. The number of hydrogen-bond donors (Lipinski definition) is 1. The number of nitrogens with one attached hydrogen (secondary N) is 1. The van der Waals surface area contributed by atoms with Crippen molar-refractivity contribution in [2.24, 2.45) is 0 Å². The van der Waals surface area contributed by atoms with Crippen LogP contribution in [0.3, 0.4) is 0 Å². The first-order valence-corrected chi connectivity index (χ1v) is 9.21. The highest BCUT2D eigenvalue weighted by Gasteiger charge is 2.26. The Morgan fingerprint density at radius 3 is 2.73 bits per heavy atom. The monoisotopic (exact) mass is 327 g/mol. The lowest BCUT2D eigenvalue weighted by atomic mass is 10.0. The summed E-state index contributed by atoms with van der Waals surface area (Å²) >= 11 is 0. The van der Waals surface area contributed by atoms with Crippen molar-refractivity contribution in [1.29, 1.82) is 0 Å². The SMILES string of the molecule is O=S(=O)(NCCOc1ccc2c(c1)OCO2)C1CCCCC1. The Bertz CT molecular complexity index is 610. The number of ether oxygens (including phenoxy) is 3. The van der Waals surface area contributed by atoms with Crippen LogP contribution in [-0.2, 0) is 10.0 Å². The second-order valence-electron chi connectivity index (χ2n) is 5.56. The van der Waals surface area contributed by atoms with Crippen LogP contribution in [0.15, 0.2) is 18.2 Å². The highest BCUT2D eigenvalue weighted by molar-refractivity contribution is 7.90. The van der Waals surface area contributed by atoms with Crippen LogP contribution >= 0.6 is 0 Å². The summed E-state index contributed by atoms with van der Waals surface area (Å²) in [5.74, 6) is 1.99. The summed E-state index contributed by atoms with van der Waals surface area (Å²) in [4.78, 5) is 0. The van der Waals surface area contributed by atoms with Gasteiger partial charge in [-0.15, -0.1) is 0 Å². The number of hydrogen-bond acceptors (Lipinski definition) is 5. The molecule has 0 radical (unpaired) electrons. The number of rotatable bonds is 6. The molecule has 0 spiro atoms. The first kappa shape index (κ1) is 15.4. The molecule has 0 aromatic heterocycles. The van der Waals surface area contributed by atoms with Gasteiger partial charge in [0, 0.05) is 12.6 Å². The van der Waals surface area contributed by atoms with Crippen LogP contribution in [0.4, 0.5) is 0 Å². The predicted octanol–water partition coefficient (Wildman–Crippen LogP) is 2.05. The van der Waals surface area contributed by atoms with Crippen LogP contribution in [0.2, 0.25) is 0 Å². The molecular weight excluding hydrogens is 306 g/mol. The average molecular weight is 327 g/mol. The van der Waals surface area contributed by atoms with Crippen molar-refractivity contribution < 1.29 is 22.6 Å². The maximum absolute atomic E-state index is 12.1. The van der Waals surface area contributed by atoms with Gasteiger partial charge in [0.1, 0.15) is 12.4 Å². The van der Waals surface area contributed by atoms with Gasteiger partial charge in [0.2, 0.25) is 16.8 Å². The zero-order valence-corrected chi connectivity index (χ0v) is 13.2. The second-order valence-corrected chi connectivity index (χ2v) is 7.61. The molecule has 0 saturated heterocycles. The van der Waals surface area contributed by atoms with E-state index in [4.69, 9.17) is 14.2 Å². The van der Waals surface area contributed by atoms with Crippen molar-refractivity contribution in [3.05, 3.63) is 18.2 Å². The molecule has 1 aromatic carbocycles. The van der Waals surface area contributed by atoms with Crippen molar-refractivity contribution in [2.45, 2.75) is 37.4 Å². The minimum absolute atomic E-state index is 0.222. The zero-order chi connectivity index (χ0) is 15.4. The lowest BCUT2D eigenvalue weighted by molar-refractivity contribution is 0.173. The standard InChI is InChI=1S/C15H21NO5S/c17-22(18,13-4-2-1-3-5-13)16-8-9-19-12-6-7-14-15(10-12)21-11-20-14/h6-7,10,13,16H,1-5,8-9,11H2. The van der Waals surface area contributed by atoms with Gasteiger partial charge in [0.15, 0.2) is 11.5 Å². The average Bonchev–Trinajstić information content (AvgIpc) is 3.00. The minimum Gasteiger partial charge on any atom is -0.492 e. The number of benzene rings is 1. The van der Waals surface area contributed by atoms with Gasteiger partial charge in [-0.25, -0.2) is 13.1 Å². The summed E-state index contributed by atoms with van der Waals surface area (Å²) in [6.45, 7) is 0.777. The van der Waals surface area contributed by atoms with Crippen molar-refractivity contribution in [2.75, 3.05) is 19.9 Å². The molecule has 0 atom stereocenters. The van der Waals surface area contributed by atoms with E-state index in [2.05, 4.69) is 4.72 Å². The molecule has 3 rings (SSSR count). The van der Waals surface area contributed by atoms with E-state index >= 15 is 0 Å². The van der Waals surface area contributed by atoms with Crippen molar-refractivity contribution >= 4 is 10.0 Å². The van der Waals surface area contributed by atoms with Crippen LogP contribution in [-0.4, -0.2) is 33.6 Å². The van der Waals surface area contributed by atoms with E-state index < -0.39 is 10.0 Å². The van der Waals surface area contributed by atoms with Gasteiger partial charge in [-0.3, -0.25) is 0 Å². The molecule has 0 unspecified atom stereocenters. The van der Waals surface area contributed by atoms with E-state index in [0.29, 0.717) is 17.2 Å². The Balaban J connectivity index is 1.45. The van der Waals surface area contributed by atoms with Crippen LogP contribution in [0.1, 0.15) is 32.1 Å². The molecule has 1 aromatic rings. The third-order valence-corrected chi connectivity index (χ3v) is 5.96. The molecule has 1 aliphatic carbocycles. The van der Waals surface area contributed by atoms with E-state index in [1.54, 1.807) is 18.2 Å². The van der Waals surface area contributed by atoms with Gasteiger partial charge in [0.05, 0.1) is 5.25 Å². The molecule has 6 nitrogen and oxygen atoms in total. The molecule has 1 heterocycles. The van der Waals surface area contributed by atoms with Gasteiger partial charge in [-0.1, -0.05) is 19.3 Å². The van der Waals surface area contributed by atoms with Crippen LogP contribution in [0.5, 0.6) is 17.2 Å². The molecule has 1 fully saturated rings. The van der Waals surface area contributed by atoms with Gasteiger partial charge < -0.3 is 14.2 Å². The van der Waals surface area contributed by atoms with Gasteiger partial charge in [-0.2, -0.15) is 0 Å². The Morgan fingerprint density at radius 1 is 1.14 bits per heavy atom. The molecule has 0 amide bonds. The highest BCUT2D eigenvalue weighted by Crippen LogP contribution is 2.35. The first-order valence-electron chi connectivity index (χ1n) is 7.66. The fourth-order valence-corrected chi connectivity index (χ4v) is 4.37. The van der Waals surface area contributed by atoms with Gasteiger partial charge >= 0.3 is 0 Å². The molecule has 1 aliphatic heterocycles. The molecule has 22 heavy (non-hydrogen) atoms. The summed E-state index contributed by atoms with van der Waals surface area (Å²) in [6, 6.07) is 5.31. The normalized spacial score (nSPS) is 18.4. The van der Waals surface area contributed by atoms with E-state index in [9.17, 15) is 8.42 Å². The molecule has 1 saturated carbocycles. The van der Waals surface area contributed by atoms with Crippen LogP contribution in [0.25, 0.3) is 0 Å². The molecule has 1 N–H and O–H groups in total. The molecule has 0 bridgehead atoms. The Morgan fingerprint density at radius 2 is 1.91 bits per heavy atom. The van der Waals surface area contributed by atoms with Crippen LogP contribution < -0.4 is 18.9 Å². The van der Waals surface area contributed by atoms with E-state index in [0.717, 1.165) is 32.1 Å². The highest BCUT2D eigenvalue weighted by atomic mass is 32.2. The fraction of sp³-hybridized carbons (Fsp3) is 0.600. The number of sulfonamides is 1. The van der Waals surface area contributed by atoms with E-state index in [-0.39, 0.29) is 25.2 Å². The Labute approximate surface area is 130 Å². The van der Waals surface area contributed by atoms with Crippen LogP contribution in [0, 0.1) is 0 Å². The maximum Gasteiger partial charge on any atom is 0.231 e. The molecule has 122 valence electrons. The second kappa shape index (κ2) is 6.75. The zero-order valence-electron chi connectivity index (χ0n) is 12.4. The summed E-state index contributed by atoms with van der Waals surface area (Å²) < 4.78 is 43.0. The van der Waals surface area contributed by atoms with Crippen molar-refractivity contribution in [1.82, 2.24) is 4.72 Å². The van der Waals surface area contributed by atoms with Gasteiger partial charge in [-0.05, 0) is 25.0 Å². The topological polar surface area (TPSA) is 73.9 Å².